The molecule has 0 fully saturated rings. The third-order valence-corrected chi connectivity index (χ3v) is 3.61. The normalized spacial score (nSPS) is 10.5. The molecule has 0 amide bonds. The first-order chi connectivity index (χ1) is 12.7. The van der Waals surface area contributed by atoms with E-state index in [4.69, 9.17) is 0 Å². The third-order valence-electron chi connectivity index (χ3n) is 3.61. The second-order valence-electron chi connectivity index (χ2n) is 5.43. The van der Waals surface area contributed by atoms with Gasteiger partial charge in [-0.3, -0.25) is 4.68 Å². The molecule has 0 radical (unpaired) electrons. The van der Waals surface area contributed by atoms with Gasteiger partial charge in [0.1, 0.15) is 17.2 Å². The second-order valence-corrected chi connectivity index (χ2v) is 5.43. The minimum Gasteiger partial charge on any atom is -0.264 e. The number of rotatable bonds is 3. The molecule has 0 N–H and O–H groups in total. The van der Waals surface area contributed by atoms with E-state index in [1.165, 1.54) is 6.07 Å². The highest BCUT2D eigenvalue weighted by Crippen LogP contribution is 2.25. The monoisotopic (exact) mass is 350 g/mol. The van der Waals surface area contributed by atoms with E-state index in [2.05, 4.69) is 25.3 Å². The molecule has 2 aromatic rings. The Bertz CT molecular complexity index is 964. The van der Waals surface area contributed by atoms with Crippen molar-refractivity contribution in [3.05, 3.63) is 66.0 Å². The lowest BCUT2D eigenvalue weighted by molar-refractivity contribution is 0.630. The van der Waals surface area contributed by atoms with Gasteiger partial charge in [-0.1, -0.05) is 26.0 Å². The van der Waals surface area contributed by atoms with Crippen molar-refractivity contribution in [1.82, 2.24) is 29.9 Å². The Balaban J connectivity index is 0.000000948. The van der Waals surface area contributed by atoms with Crippen molar-refractivity contribution in [3.63, 3.8) is 0 Å². The van der Waals surface area contributed by atoms with E-state index < -0.39 is 0 Å². The van der Waals surface area contributed by atoms with Crippen molar-refractivity contribution in [2.45, 2.75) is 27.3 Å². The highest BCUT2D eigenvalue weighted by Gasteiger charge is 2.15. The molecule has 7 heteroatoms. The molecule has 0 atom stereocenters. The molecule has 3 heterocycles. The SMILES string of the molecule is CC.Cc1ccc(Cn2cc3nc(-c4ccccc4F)nc-3cn2)nn1. The molecule has 6 nitrogen and oxygen atoms in total. The summed E-state index contributed by atoms with van der Waals surface area (Å²) in [6.45, 7) is 6.36. The summed E-state index contributed by atoms with van der Waals surface area (Å²) in [5, 5.41) is 12.5. The molecule has 2 aliphatic heterocycles. The van der Waals surface area contributed by atoms with E-state index in [-0.39, 0.29) is 5.82 Å². The van der Waals surface area contributed by atoms with Gasteiger partial charge in [-0.25, -0.2) is 14.4 Å². The smallest absolute Gasteiger partial charge is 0.163 e. The maximum atomic E-state index is 13.9. The Kier molecular flexibility index (Phi) is 5.26. The quantitative estimate of drug-likeness (QED) is 0.563. The van der Waals surface area contributed by atoms with Crippen molar-refractivity contribution in [2.75, 3.05) is 0 Å². The highest BCUT2D eigenvalue weighted by molar-refractivity contribution is 5.65. The maximum absolute atomic E-state index is 13.9. The van der Waals surface area contributed by atoms with Gasteiger partial charge in [0.05, 0.1) is 35.9 Å². The van der Waals surface area contributed by atoms with Crippen LogP contribution in [0.15, 0.2) is 48.8 Å². The molecule has 0 saturated carbocycles. The average molecular weight is 350 g/mol. The molecule has 1 aromatic carbocycles. The summed E-state index contributed by atoms with van der Waals surface area (Å²) in [4.78, 5) is 8.76. The number of benzene rings is 1. The van der Waals surface area contributed by atoms with Gasteiger partial charge in [0.15, 0.2) is 5.82 Å². The summed E-state index contributed by atoms with van der Waals surface area (Å²) in [7, 11) is 0. The van der Waals surface area contributed by atoms with Crippen molar-refractivity contribution in [1.29, 1.82) is 0 Å². The number of aryl methyl sites for hydroxylation is 1. The Morgan fingerprint density at radius 2 is 1.73 bits per heavy atom. The lowest BCUT2D eigenvalue weighted by atomic mass is 10.2. The zero-order valence-electron chi connectivity index (χ0n) is 14.9. The second kappa shape index (κ2) is 7.77. The van der Waals surface area contributed by atoms with E-state index >= 15 is 0 Å². The fourth-order valence-electron chi connectivity index (χ4n) is 2.39. The topological polar surface area (TPSA) is 69.4 Å². The summed E-state index contributed by atoms with van der Waals surface area (Å²) in [6.07, 6.45) is 3.39. The molecule has 0 unspecified atom stereocenters. The van der Waals surface area contributed by atoms with Crippen LogP contribution < -0.4 is 0 Å². The number of fused-ring (bicyclic) bond motifs is 1. The van der Waals surface area contributed by atoms with E-state index in [0.29, 0.717) is 29.3 Å². The highest BCUT2D eigenvalue weighted by atomic mass is 19.1. The molecule has 132 valence electrons. The molecule has 4 rings (SSSR count). The lowest BCUT2D eigenvalue weighted by Gasteiger charge is -2.05. The first kappa shape index (κ1) is 17.6. The summed E-state index contributed by atoms with van der Waals surface area (Å²) in [6, 6.07) is 10.3. The number of imidazole rings is 1. The summed E-state index contributed by atoms with van der Waals surface area (Å²) >= 11 is 0. The molecule has 1 aromatic heterocycles. The summed E-state index contributed by atoms with van der Waals surface area (Å²) in [5.41, 5.74) is 3.32. The molecular formula is C19H19FN6. The van der Waals surface area contributed by atoms with Crippen molar-refractivity contribution < 1.29 is 4.39 Å². The molecular weight excluding hydrogens is 331 g/mol. The number of aromatic nitrogens is 6. The minimum absolute atomic E-state index is 0.344. The molecule has 0 spiro atoms. The maximum Gasteiger partial charge on any atom is 0.163 e. The predicted octanol–water partition coefficient (Wildman–Crippen LogP) is 3.76. The number of halogens is 1. The first-order valence-corrected chi connectivity index (χ1v) is 8.43. The van der Waals surface area contributed by atoms with Crippen LogP contribution in [0.2, 0.25) is 0 Å². The molecule has 26 heavy (non-hydrogen) atoms. The summed E-state index contributed by atoms with van der Waals surface area (Å²) < 4.78 is 15.6. The molecule has 0 aliphatic carbocycles. The van der Waals surface area contributed by atoms with Crippen molar-refractivity contribution >= 4 is 0 Å². The number of nitrogens with zero attached hydrogens (tertiary/aromatic N) is 6. The van der Waals surface area contributed by atoms with Crippen LogP contribution in [-0.2, 0) is 6.54 Å². The van der Waals surface area contributed by atoms with Crippen LogP contribution in [-0.4, -0.2) is 29.9 Å². The van der Waals surface area contributed by atoms with E-state index in [1.54, 1.807) is 35.3 Å². The predicted molar refractivity (Wildman–Crippen MR) is 97.1 cm³/mol. The van der Waals surface area contributed by atoms with E-state index in [0.717, 1.165) is 11.4 Å². The number of hydrogen-bond acceptors (Lipinski definition) is 5. The Hall–Kier alpha value is -3.22. The van der Waals surface area contributed by atoms with Gasteiger partial charge in [0, 0.05) is 0 Å². The fourth-order valence-corrected chi connectivity index (χ4v) is 2.39. The van der Waals surface area contributed by atoms with Gasteiger partial charge in [0.25, 0.3) is 0 Å². The Morgan fingerprint density at radius 1 is 0.962 bits per heavy atom. The molecule has 2 aliphatic rings. The zero-order valence-corrected chi connectivity index (χ0v) is 14.9. The van der Waals surface area contributed by atoms with Crippen LogP contribution in [0.25, 0.3) is 22.8 Å². The number of hydrogen-bond donors (Lipinski definition) is 0. The lowest BCUT2D eigenvalue weighted by Crippen LogP contribution is -2.07. The fraction of sp³-hybridized carbons (Fsp3) is 0.211. The van der Waals surface area contributed by atoms with Gasteiger partial charge in [-0.2, -0.15) is 15.3 Å². The van der Waals surface area contributed by atoms with Gasteiger partial charge in [0.2, 0.25) is 0 Å². The van der Waals surface area contributed by atoms with Crippen LogP contribution in [0.3, 0.4) is 0 Å². The Labute approximate surface area is 151 Å². The largest absolute Gasteiger partial charge is 0.264 e. The van der Waals surface area contributed by atoms with Crippen molar-refractivity contribution in [2.24, 2.45) is 0 Å². The third kappa shape index (κ3) is 3.72. The molecule has 0 saturated heterocycles. The van der Waals surface area contributed by atoms with E-state index in [9.17, 15) is 4.39 Å². The van der Waals surface area contributed by atoms with Crippen LogP contribution >= 0.6 is 0 Å². The first-order valence-electron chi connectivity index (χ1n) is 8.43. The van der Waals surface area contributed by atoms with Gasteiger partial charge >= 0.3 is 0 Å². The standard InChI is InChI=1S/C17H13FN6.C2H6/c1-11-6-7-12(23-22-11)9-24-10-16-15(8-19-24)20-17(21-16)13-4-2-3-5-14(13)18;1-2/h2-8,10H,9H2,1H3;1-2H3. The summed E-state index contributed by atoms with van der Waals surface area (Å²) in [5.74, 6) is 0.0151. The zero-order chi connectivity index (χ0) is 18.5. The van der Waals surface area contributed by atoms with Gasteiger partial charge in [-0.15, -0.1) is 0 Å². The molecule has 0 bridgehead atoms. The van der Waals surface area contributed by atoms with Crippen LogP contribution in [0.5, 0.6) is 0 Å². The van der Waals surface area contributed by atoms with Crippen molar-refractivity contribution in [3.8, 4) is 22.8 Å². The van der Waals surface area contributed by atoms with Crippen LogP contribution in [0.1, 0.15) is 25.2 Å². The van der Waals surface area contributed by atoms with Crippen LogP contribution in [0.4, 0.5) is 4.39 Å². The minimum atomic E-state index is -0.344. The van der Waals surface area contributed by atoms with Gasteiger partial charge < -0.3 is 0 Å². The Morgan fingerprint density at radius 3 is 2.46 bits per heavy atom. The average Bonchev–Trinajstić information content (AvgIpc) is 3.09. The van der Waals surface area contributed by atoms with Gasteiger partial charge in [-0.05, 0) is 31.2 Å². The van der Waals surface area contributed by atoms with E-state index in [1.807, 2.05) is 32.9 Å². The van der Waals surface area contributed by atoms with Crippen LogP contribution in [0, 0.1) is 12.7 Å².